The van der Waals surface area contributed by atoms with Crippen LogP contribution in [0.2, 0.25) is 0 Å². The molecule has 1 aliphatic heterocycles. The number of ether oxygens (including phenoxy) is 3. The lowest BCUT2D eigenvalue weighted by molar-refractivity contribution is -0.138. The van der Waals surface area contributed by atoms with E-state index in [2.05, 4.69) is 49.9 Å². The Hall–Kier alpha value is -4.90. The Labute approximate surface area is 378 Å². The molecule has 20 nitrogen and oxygen atoms in total. The molecule has 64 heavy (non-hydrogen) atoms. The number of carbonyl (C=O) groups is 5. The fraction of sp³-hybridized carbons (Fsp3) is 0.605. The van der Waals surface area contributed by atoms with Crippen LogP contribution < -0.4 is 33.0 Å². The predicted molar refractivity (Wildman–Crippen MR) is 244 cm³/mol. The molecule has 1 amide bonds. The topological polar surface area (TPSA) is 307 Å². The van der Waals surface area contributed by atoms with Gasteiger partial charge in [0.05, 0.1) is 69.2 Å². The Morgan fingerprint density at radius 1 is 0.875 bits per heavy atom. The van der Waals surface area contributed by atoms with Crippen LogP contribution in [-0.2, 0) is 46.5 Å². The highest BCUT2D eigenvalue weighted by atomic mass is 32.2. The number of fused-ring (bicyclic) bond motifs is 1. The molecule has 4 rings (SSSR count). The first-order valence-electron chi connectivity index (χ1n) is 21.8. The third kappa shape index (κ3) is 16.6. The second-order valence-electron chi connectivity index (χ2n) is 15.8. The van der Waals surface area contributed by atoms with Gasteiger partial charge < -0.3 is 62.1 Å². The van der Waals surface area contributed by atoms with Crippen molar-refractivity contribution in [3.05, 3.63) is 41.6 Å². The molecule has 21 heteroatoms. The second kappa shape index (κ2) is 26.8. The van der Waals surface area contributed by atoms with Crippen LogP contribution in [0.5, 0.6) is 5.75 Å². The zero-order chi connectivity index (χ0) is 46.6. The maximum absolute atomic E-state index is 12.9. The zero-order valence-corrected chi connectivity index (χ0v) is 37.8. The van der Waals surface area contributed by atoms with Gasteiger partial charge in [-0.3, -0.25) is 28.9 Å². The Morgan fingerprint density at radius 3 is 2.30 bits per heavy atom. The molecular formula is C43H66N10O10S. The third-order valence-corrected chi connectivity index (χ3v) is 12.2. The van der Waals surface area contributed by atoms with Gasteiger partial charge >= 0.3 is 11.9 Å². The van der Waals surface area contributed by atoms with Gasteiger partial charge in [-0.15, -0.1) is 11.8 Å². The number of thioether (sulfide) groups is 1. The number of piperazine rings is 1. The first-order chi connectivity index (χ1) is 30.7. The quantitative estimate of drug-likeness (QED) is 0.0452. The lowest BCUT2D eigenvalue weighted by atomic mass is 9.99. The monoisotopic (exact) mass is 914 g/mol. The van der Waals surface area contributed by atoms with Crippen LogP contribution in [0.15, 0.2) is 30.5 Å². The van der Waals surface area contributed by atoms with Crippen molar-refractivity contribution in [2.45, 2.75) is 94.8 Å². The molecule has 1 aliphatic rings. The molecule has 0 bridgehead atoms. The van der Waals surface area contributed by atoms with Crippen LogP contribution in [0.1, 0.15) is 69.4 Å². The fourth-order valence-corrected chi connectivity index (χ4v) is 8.32. The van der Waals surface area contributed by atoms with Crippen molar-refractivity contribution >= 4 is 64.0 Å². The number of nitrogens with zero attached hydrogens (tertiary/aromatic N) is 5. The lowest BCUT2D eigenvalue weighted by Gasteiger charge is -2.35. The molecule has 4 atom stereocenters. The van der Waals surface area contributed by atoms with E-state index in [9.17, 15) is 24.0 Å². The molecule has 3 heterocycles. The van der Waals surface area contributed by atoms with E-state index in [4.69, 9.17) is 47.4 Å². The zero-order valence-electron chi connectivity index (χ0n) is 37.0. The number of Topliss-reactive ketones (excluding diaryl/α,β-unsaturated/α-hetero) is 2. The van der Waals surface area contributed by atoms with Gasteiger partial charge in [0.25, 0.3) is 0 Å². The summed E-state index contributed by atoms with van der Waals surface area (Å²) in [5.41, 5.74) is 27.3. The fourth-order valence-electron chi connectivity index (χ4n) is 7.14. The lowest BCUT2D eigenvalue weighted by Crippen LogP contribution is -2.48. The summed E-state index contributed by atoms with van der Waals surface area (Å²) in [6, 6.07) is 5.00. The summed E-state index contributed by atoms with van der Waals surface area (Å²) in [5.74, 6) is -1.83. The van der Waals surface area contributed by atoms with Gasteiger partial charge in [-0.05, 0) is 37.0 Å². The number of carbonyl (C=O) groups excluding carboxylic acids is 3. The number of ketones is 2. The van der Waals surface area contributed by atoms with E-state index in [1.807, 2.05) is 17.2 Å². The molecule has 0 radical (unpaired) electrons. The molecule has 2 aromatic heterocycles. The predicted octanol–water partition coefficient (Wildman–Crippen LogP) is 1.69. The van der Waals surface area contributed by atoms with Crippen molar-refractivity contribution in [2.24, 2.45) is 17.2 Å². The highest BCUT2D eigenvalue weighted by molar-refractivity contribution is 8.00. The molecule has 3 aromatic rings. The van der Waals surface area contributed by atoms with Crippen LogP contribution in [0.4, 0.5) is 11.8 Å². The number of benzene rings is 1. The summed E-state index contributed by atoms with van der Waals surface area (Å²) in [7, 11) is 1.68. The van der Waals surface area contributed by atoms with Gasteiger partial charge in [0.1, 0.15) is 23.1 Å². The van der Waals surface area contributed by atoms with E-state index in [1.165, 1.54) is 0 Å². The molecule has 1 fully saturated rings. The van der Waals surface area contributed by atoms with E-state index in [1.54, 1.807) is 7.11 Å². The highest BCUT2D eigenvalue weighted by Crippen LogP contribution is 2.28. The number of nitrogen functional groups attached to an aromatic ring is 1. The van der Waals surface area contributed by atoms with E-state index in [0.29, 0.717) is 19.6 Å². The summed E-state index contributed by atoms with van der Waals surface area (Å²) in [6.07, 6.45) is 5.09. The molecule has 0 saturated carbocycles. The minimum atomic E-state index is -1.27. The largest absolute Gasteiger partial charge is 0.496 e. The van der Waals surface area contributed by atoms with Crippen molar-refractivity contribution in [3.63, 3.8) is 0 Å². The number of carboxylic acid groups (broad SMARTS) is 2. The maximum atomic E-state index is 12.9. The number of nitrogens with two attached hydrogens (primary N) is 4. The smallest absolute Gasteiger partial charge is 0.321 e. The molecule has 0 aliphatic carbocycles. The minimum Gasteiger partial charge on any atom is -0.496 e. The Balaban J connectivity index is 1.09. The van der Waals surface area contributed by atoms with Crippen LogP contribution in [0, 0.1) is 0 Å². The molecule has 11 N–H and O–H groups in total. The minimum absolute atomic E-state index is 0.0287. The van der Waals surface area contributed by atoms with Gasteiger partial charge in [0, 0.05) is 69.8 Å². The molecular weight excluding hydrogens is 849 g/mol. The highest BCUT2D eigenvalue weighted by Gasteiger charge is 2.29. The third-order valence-electron chi connectivity index (χ3n) is 10.9. The van der Waals surface area contributed by atoms with Gasteiger partial charge in [0.15, 0.2) is 11.6 Å². The standard InChI is InChI=1S/C43H66N10O10S/c1-3-4-5-13-48-41-39-33(49-43(47)50-41)10-14-53(39)26-29-7-6-28(23-35(29)61-2)25-51-15-17-52(18-16-51)37(55)12-20-63-22-21-62-19-11-30(44)34(54)9-8-31(45)40(58)36(24-38(56)57)64-27-32(46)42(59)60/h6-7,10,14,23,30-32,36H,3-5,8-9,11-13,15-22,24-27,44-46H2,1-2H3,(H,56,57)(H,59,60)(H3,47,48,49,50)/t30?,31?,32-,36?/m0/s1. The number of aromatic nitrogens is 3. The Kier molecular flexibility index (Phi) is 21.6. The first-order valence-corrected chi connectivity index (χ1v) is 22.8. The van der Waals surface area contributed by atoms with E-state index < -0.39 is 47.5 Å². The van der Waals surface area contributed by atoms with Crippen LogP contribution >= 0.6 is 11.8 Å². The van der Waals surface area contributed by atoms with E-state index in [-0.39, 0.29) is 75.5 Å². The van der Waals surface area contributed by atoms with Crippen molar-refractivity contribution < 1.29 is 48.4 Å². The van der Waals surface area contributed by atoms with Gasteiger partial charge in [0.2, 0.25) is 11.9 Å². The van der Waals surface area contributed by atoms with Gasteiger partial charge in [-0.25, -0.2) is 4.98 Å². The Bertz CT molecular complexity index is 2000. The van der Waals surface area contributed by atoms with Crippen LogP contribution in [0.25, 0.3) is 11.0 Å². The number of hydrogen-bond donors (Lipinski definition) is 7. The van der Waals surface area contributed by atoms with Crippen molar-refractivity contribution in [3.8, 4) is 5.75 Å². The number of unbranched alkanes of at least 4 members (excludes halogenated alkanes) is 2. The second-order valence-corrected chi connectivity index (χ2v) is 17.0. The Morgan fingerprint density at radius 2 is 1.61 bits per heavy atom. The number of rotatable bonds is 31. The number of hydrogen-bond acceptors (Lipinski definition) is 17. The first kappa shape index (κ1) is 51.7. The summed E-state index contributed by atoms with van der Waals surface area (Å²) < 4.78 is 19.1. The average Bonchev–Trinajstić information content (AvgIpc) is 3.68. The SMILES string of the molecule is CCCCCNc1nc(N)nc2ccn(Cc3ccc(CN4CCN(C(=O)CCOCCOCCC(N)C(=O)CCC(N)C(=O)C(CC(=O)O)SC[C@H](N)C(=O)O)CC4)cc3OC)c12. The summed E-state index contributed by atoms with van der Waals surface area (Å²) in [4.78, 5) is 73.6. The van der Waals surface area contributed by atoms with E-state index in [0.717, 1.165) is 90.9 Å². The number of aliphatic carboxylic acids is 2. The molecule has 0 spiro atoms. The molecule has 354 valence electrons. The number of methoxy groups -OCH3 is 1. The van der Waals surface area contributed by atoms with Crippen LogP contribution in [-0.4, -0.2) is 159 Å². The number of amides is 1. The molecule has 1 saturated heterocycles. The molecule has 3 unspecified atom stereocenters. The van der Waals surface area contributed by atoms with Crippen molar-refractivity contribution in [2.75, 3.05) is 83.1 Å². The summed E-state index contributed by atoms with van der Waals surface area (Å²) in [5, 5.41) is 20.5. The maximum Gasteiger partial charge on any atom is 0.321 e. The number of carboxylic acids is 2. The average molecular weight is 915 g/mol. The number of anilines is 2. The van der Waals surface area contributed by atoms with Gasteiger partial charge in [-0.1, -0.05) is 31.9 Å². The molecule has 1 aromatic carbocycles. The van der Waals surface area contributed by atoms with Crippen molar-refractivity contribution in [1.82, 2.24) is 24.3 Å². The van der Waals surface area contributed by atoms with Crippen LogP contribution in [0.3, 0.4) is 0 Å². The van der Waals surface area contributed by atoms with Gasteiger partial charge in [-0.2, -0.15) is 4.98 Å². The summed E-state index contributed by atoms with van der Waals surface area (Å²) >= 11 is 0.814. The summed E-state index contributed by atoms with van der Waals surface area (Å²) in [6.45, 7) is 7.95. The normalized spacial score (nSPS) is 15.1. The number of nitrogens with one attached hydrogen (secondary N) is 1. The van der Waals surface area contributed by atoms with Crippen molar-refractivity contribution in [1.29, 1.82) is 0 Å². The van der Waals surface area contributed by atoms with E-state index >= 15 is 0 Å².